The third kappa shape index (κ3) is 3.76. The molecule has 2 aliphatic carbocycles. The third-order valence-electron chi connectivity index (χ3n) is 6.73. The van der Waals surface area contributed by atoms with Crippen LogP contribution in [-0.2, 0) is 23.9 Å². The Balaban J connectivity index is 1.33. The summed E-state index contributed by atoms with van der Waals surface area (Å²) in [6, 6.07) is 3.56. The van der Waals surface area contributed by atoms with E-state index in [2.05, 4.69) is 21.2 Å². The molecule has 0 aromatic heterocycles. The fraction of sp³-hybridized carbons (Fsp3) is 0.524. The molecule has 4 rings (SSSR count). The van der Waals surface area contributed by atoms with E-state index in [9.17, 15) is 19.2 Å². The van der Waals surface area contributed by atoms with Crippen molar-refractivity contribution in [1.29, 1.82) is 0 Å². The molecular formula is C21H21BrCl2N2O5. The monoisotopic (exact) mass is 530 g/mol. The predicted octanol–water partition coefficient (Wildman–Crippen LogP) is 3.01. The van der Waals surface area contributed by atoms with Gasteiger partial charge in [0.05, 0.1) is 22.6 Å². The van der Waals surface area contributed by atoms with E-state index in [0.29, 0.717) is 12.1 Å². The van der Waals surface area contributed by atoms with E-state index in [4.69, 9.17) is 27.9 Å². The number of alkyl halides is 2. The molecule has 0 radical (unpaired) electrons. The molecule has 31 heavy (non-hydrogen) atoms. The molecule has 3 fully saturated rings. The predicted molar refractivity (Wildman–Crippen MR) is 118 cm³/mol. The maximum Gasteiger partial charge on any atom is 0.326 e. The minimum Gasteiger partial charge on any atom is -0.454 e. The molecule has 0 unspecified atom stereocenters. The number of nitrogens with zero attached hydrogens (tertiary/aromatic N) is 1. The van der Waals surface area contributed by atoms with Crippen LogP contribution >= 0.6 is 39.1 Å². The van der Waals surface area contributed by atoms with Gasteiger partial charge in [0.15, 0.2) is 6.61 Å². The number of amides is 3. The lowest BCUT2D eigenvalue weighted by Gasteiger charge is -2.28. The maximum absolute atomic E-state index is 12.8. The number of rotatable bonds is 5. The van der Waals surface area contributed by atoms with E-state index < -0.39 is 48.7 Å². The molecule has 1 N–H and O–H groups in total. The van der Waals surface area contributed by atoms with Crippen LogP contribution < -0.4 is 5.32 Å². The number of imide groups is 1. The van der Waals surface area contributed by atoms with Crippen molar-refractivity contribution < 1.29 is 23.9 Å². The molecule has 1 heterocycles. The highest BCUT2D eigenvalue weighted by Gasteiger charge is 2.66. The number of ether oxygens (including phenoxy) is 1. The van der Waals surface area contributed by atoms with Gasteiger partial charge in [-0.2, -0.15) is 0 Å². The van der Waals surface area contributed by atoms with Gasteiger partial charge in [-0.15, -0.1) is 23.2 Å². The van der Waals surface area contributed by atoms with Crippen molar-refractivity contribution in [2.45, 2.75) is 31.0 Å². The quantitative estimate of drug-likeness (QED) is 0.358. The highest BCUT2D eigenvalue weighted by molar-refractivity contribution is 9.10. The summed E-state index contributed by atoms with van der Waals surface area (Å²) in [7, 11) is 0. The molecule has 7 nitrogen and oxygen atoms in total. The number of benzene rings is 1. The SMILES string of the molecule is Cc1c(Br)ccc(NC(=O)COC(=O)CN2C(=O)[C@@H]3[C@H]4C[C@@H]([C@H](Cl)[C@H]4Cl)[C@@H]3C2=O)c1C. The Morgan fingerprint density at radius 3 is 2.26 bits per heavy atom. The van der Waals surface area contributed by atoms with Crippen molar-refractivity contribution in [2.24, 2.45) is 23.7 Å². The standard InChI is InChI=1S/C21H21BrCl2N2O5/c1-8-9(2)13(4-3-12(8)22)25-14(27)7-31-15(28)6-26-20(29)16-10-5-11(17(16)21(26)30)19(24)18(10)23/h3-4,10-11,16-19H,5-7H2,1-2H3,(H,25,27)/t10-,11-,16-,17+,18+,19+/m1/s1. The number of carbonyl (C=O) groups excluding carboxylic acids is 4. The van der Waals surface area contributed by atoms with Crippen LogP contribution in [0, 0.1) is 37.5 Å². The molecule has 3 amide bonds. The Kier molecular flexibility index (Phi) is 6.09. The van der Waals surface area contributed by atoms with Gasteiger partial charge < -0.3 is 10.1 Å². The van der Waals surface area contributed by atoms with Crippen molar-refractivity contribution in [3.63, 3.8) is 0 Å². The van der Waals surface area contributed by atoms with Crippen LogP contribution in [-0.4, -0.2) is 52.5 Å². The second kappa shape index (κ2) is 8.37. The zero-order chi connectivity index (χ0) is 22.6. The smallest absolute Gasteiger partial charge is 0.326 e. The molecule has 1 aliphatic heterocycles. The molecule has 1 aromatic rings. The lowest BCUT2D eigenvalue weighted by molar-refractivity contribution is -0.154. The van der Waals surface area contributed by atoms with Crippen LogP contribution in [0.3, 0.4) is 0 Å². The first-order chi connectivity index (χ1) is 14.6. The second-order valence-corrected chi connectivity index (χ2v) is 10.2. The first-order valence-electron chi connectivity index (χ1n) is 9.96. The zero-order valence-electron chi connectivity index (χ0n) is 16.9. The number of hydrogen-bond acceptors (Lipinski definition) is 5. The van der Waals surface area contributed by atoms with Gasteiger partial charge in [0.1, 0.15) is 6.54 Å². The first kappa shape index (κ1) is 22.6. The minimum atomic E-state index is -0.822. The number of hydrogen-bond donors (Lipinski definition) is 1. The molecule has 0 spiro atoms. The van der Waals surface area contributed by atoms with Crippen LogP contribution in [0.4, 0.5) is 5.69 Å². The van der Waals surface area contributed by atoms with Crippen LogP contribution in [0.1, 0.15) is 17.5 Å². The van der Waals surface area contributed by atoms with E-state index in [1.54, 1.807) is 6.07 Å². The summed E-state index contributed by atoms with van der Waals surface area (Å²) in [5.74, 6) is -3.48. The fourth-order valence-corrected chi connectivity index (χ4v) is 6.32. The number of anilines is 1. The Labute approximate surface area is 197 Å². The van der Waals surface area contributed by atoms with Gasteiger partial charge >= 0.3 is 5.97 Å². The van der Waals surface area contributed by atoms with E-state index in [1.807, 2.05) is 19.9 Å². The summed E-state index contributed by atoms with van der Waals surface area (Å²) in [6.45, 7) is 2.75. The van der Waals surface area contributed by atoms with Crippen molar-refractivity contribution >= 4 is 68.5 Å². The highest BCUT2D eigenvalue weighted by atomic mass is 79.9. The lowest BCUT2D eigenvalue weighted by atomic mass is 9.80. The molecule has 2 bridgehead atoms. The van der Waals surface area contributed by atoms with Gasteiger partial charge in [-0.3, -0.25) is 24.1 Å². The highest BCUT2D eigenvalue weighted by Crippen LogP contribution is 2.59. The summed E-state index contributed by atoms with van der Waals surface area (Å²) in [5, 5.41) is 1.98. The van der Waals surface area contributed by atoms with Crippen LogP contribution in [0.2, 0.25) is 0 Å². The number of carbonyl (C=O) groups is 4. The summed E-state index contributed by atoms with van der Waals surface area (Å²) in [6.07, 6.45) is 0.655. The minimum absolute atomic E-state index is 0.153. The number of fused-ring (bicyclic) bond motifs is 5. The fourth-order valence-electron chi connectivity index (χ4n) is 5.00. The molecule has 1 saturated heterocycles. The summed E-state index contributed by atoms with van der Waals surface area (Å²) in [4.78, 5) is 50.9. The summed E-state index contributed by atoms with van der Waals surface area (Å²) < 4.78 is 5.93. The Hall–Kier alpha value is -1.64. The first-order valence-corrected chi connectivity index (χ1v) is 11.6. The summed E-state index contributed by atoms with van der Waals surface area (Å²) >= 11 is 16.1. The van der Waals surface area contributed by atoms with Gasteiger partial charge in [0, 0.05) is 10.2 Å². The topological polar surface area (TPSA) is 92.8 Å². The molecule has 10 heteroatoms. The number of nitrogens with one attached hydrogen (secondary N) is 1. The Bertz CT molecular complexity index is 955. The normalized spacial score (nSPS) is 31.2. The average molecular weight is 532 g/mol. The van der Waals surface area contributed by atoms with E-state index in [-0.39, 0.29) is 22.6 Å². The molecular weight excluding hydrogens is 511 g/mol. The van der Waals surface area contributed by atoms with Crippen molar-refractivity contribution in [1.82, 2.24) is 4.90 Å². The third-order valence-corrected chi connectivity index (χ3v) is 8.90. The van der Waals surface area contributed by atoms with Crippen LogP contribution in [0.15, 0.2) is 16.6 Å². The molecule has 6 atom stereocenters. The van der Waals surface area contributed by atoms with Gasteiger partial charge in [0.25, 0.3) is 5.91 Å². The van der Waals surface area contributed by atoms with Crippen molar-refractivity contribution in [2.75, 3.05) is 18.5 Å². The second-order valence-electron chi connectivity index (χ2n) is 8.32. The van der Waals surface area contributed by atoms with Gasteiger partial charge in [-0.25, -0.2) is 0 Å². The van der Waals surface area contributed by atoms with E-state index in [0.717, 1.165) is 20.5 Å². The van der Waals surface area contributed by atoms with E-state index >= 15 is 0 Å². The van der Waals surface area contributed by atoms with Crippen LogP contribution in [0.25, 0.3) is 0 Å². The van der Waals surface area contributed by atoms with Crippen molar-refractivity contribution in [3.05, 3.63) is 27.7 Å². The van der Waals surface area contributed by atoms with Gasteiger partial charge in [0.2, 0.25) is 11.8 Å². The molecule has 3 aliphatic rings. The van der Waals surface area contributed by atoms with Gasteiger partial charge in [-0.1, -0.05) is 15.9 Å². The largest absolute Gasteiger partial charge is 0.454 e. The van der Waals surface area contributed by atoms with Crippen LogP contribution in [0.5, 0.6) is 0 Å². The average Bonchev–Trinajstić information content (AvgIpc) is 3.33. The van der Waals surface area contributed by atoms with E-state index in [1.165, 1.54) is 0 Å². The van der Waals surface area contributed by atoms with Crippen molar-refractivity contribution in [3.8, 4) is 0 Å². The summed E-state index contributed by atoms with van der Waals surface area (Å²) in [5.41, 5.74) is 2.48. The molecule has 166 valence electrons. The molecule has 1 aromatic carbocycles. The van der Waals surface area contributed by atoms with Gasteiger partial charge in [-0.05, 0) is 55.4 Å². The number of likely N-dealkylation sites (tertiary alicyclic amines) is 1. The maximum atomic E-state index is 12.8. The Morgan fingerprint density at radius 1 is 1.10 bits per heavy atom. The lowest BCUT2D eigenvalue weighted by Crippen LogP contribution is -2.38. The number of esters is 1. The molecule has 2 saturated carbocycles. The number of halogens is 3. The Morgan fingerprint density at radius 2 is 1.68 bits per heavy atom. The zero-order valence-corrected chi connectivity index (χ0v) is 20.0.